The van der Waals surface area contributed by atoms with Crippen LogP contribution in [0, 0.1) is 0 Å². The summed E-state index contributed by atoms with van der Waals surface area (Å²) in [7, 11) is 0. The number of urea groups is 1. The summed E-state index contributed by atoms with van der Waals surface area (Å²) < 4.78 is 0. The molecule has 188 valence electrons. The van der Waals surface area contributed by atoms with Crippen molar-refractivity contribution in [1.82, 2.24) is 5.32 Å². The van der Waals surface area contributed by atoms with Crippen molar-refractivity contribution in [3.05, 3.63) is 126 Å². The van der Waals surface area contributed by atoms with Crippen LogP contribution in [0.15, 0.2) is 119 Å². The molecule has 0 fully saturated rings. The van der Waals surface area contributed by atoms with Crippen LogP contribution in [0.5, 0.6) is 0 Å². The first-order chi connectivity index (χ1) is 18.1. The molecule has 0 atom stereocenters. The fourth-order valence-electron chi connectivity index (χ4n) is 4.05. The number of carbonyl (C=O) groups is 2. The average Bonchev–Trinajstić information content (AvgIpc) is 2.91. The highest BCUT2D eigenvalue weighted by molar-refractivity contribution is 7.99. The van der Waals surface area contributed by atoms with Crippen LogP contribution in [0.2, 0.25) is 0 Å². The predicted molar refractivity (Wildman–Crippen MR) is 149 cm³/mol. The van der Waals surface area contributed by atoms with E-state index in [0.29, 0.717) is 13.1 Å². The molecule has 4 aromatic rings. The molecule has 0 aromatic heterocycles. The van der Waals surface area contributed by atoms with Gasteiger partial charge in [-0.15, -0.1) is 0 Å². The highest BCUT2D eigenvalue weighted by Gasteiger charge is 2.16. The van der Waals surface area contributed by atoms with Gasteiger partial charge in [0.25, 0.3) is 0 Å². The molecule has 5 nitrogen and oxygen atoms in total. The Morgan fingerprint density at radius 1 is 0.730 bits per heavy atom. The third kappa shape index (κ3) is 8.26. The molecule has 0 unspecified atom stereocenters. The Labute approximate surface area is 222 Å². The van der Waals surface area contributed by atoms with Crippen molar-refractivity contribution in [2.45, 2.75) is 35.6 Å². The van der Waals surface area contributed by atoms with Crippen molar-refractivity contribution in [3.8, 4) is 0 Å². The van der Waals surface area contributed by atoms with Gasteiger partial charge in [-0.3, -0.25) is 9.69 Å². The van der Waals surface area contributed by atoms with Crippen LogP contribution in [-0.4, -0.2) is 23.7 Å². The Balaban J connectivity index is 1.49. The van der Waals surface area contributed by atoms with Gasteiger partial charge in [-0.1, -0.05) is 90.6 Å². The molecule has 0 aliphatic heterocycles. The number of nitrogens with zero attached hydrogens (tertiary/aromatic N) is 1. The fourth-order valence-corrected chi connectivity index (χ4v) is 5.00. The van der Waals surface area contributed by atoms with Gasteiger partial charge in [0.15, 0.2) is 0 Å². The molecule has 0 saturated carbocycles. The zero-order valence-electron chi connectivity index (χ0n) is 20.5. The molecule has 37 heavy (non-hydrogen) atoms. The van der Waals surface area contributed by atoms with Crippen LogP contribution >= 0.6 is 11.8 Å². The Kier molecular flexibility index (Phi) is 9.38. The maximum atomic E-state index is 13.3. The SMILES string of the molecule is O=C(O)Cc1cccc(Sc2cccc(N(CCCc3ccccc3)C(=O)NCc3ccccc3)c2)c1. The van der Waals surface area contributed by atoms with Crippen LogP contribution < -0.4 is 10.2 Å². The van der Waals surface area contributed by atoms with Crippen LogP contribution in [0.3, 0.4) is 0 Å². The number of aryl methyl sites for hydroxylation is 1. The van der Waals surface area contributed by atoms with Gasteiger partial charge in [0.2, 0.25) is 0 Å². The number of nitrogens with one attached hydrogen (secondary N) is 1. The lowest BCUT2D eigenvalue weighted by Crippen LogP contribution is -2.40. The average molecular weight is 511 g/mol. The molecule has 0 radical (unpaired) electrons. The number of benzene rings is 4. The second-order valence-electron chi connectivity index (χ2n) is 8.70. The van der Waals surface area contributed by atoms with Crippen molar-refractivity contribution in [2.75, 3.05) is 11.4 Å². The molecular weight excluding hydrogens is 480 g/mol. The molecule has 0 aliphatic rings. The zero-order chi connectivity index (χ0) is 25.9. The van der Waals surface area contributed by atoms with Crippen LogP contribution in [0.25, 0.3) is 0 Å². The van der Waals surface area contributed by atoms with Crippen molar-refractivity contribution in [3.63, 3.8) is 0 Å². The monoisotopic (exact) mass is 510 g/mol. The third-order valence-electron chi connectivity index (χ3n) is 5.84. The van der Waals surface area contributed by atoms with E-state index in [4.69, 9.17) is 5.11 Å². The van der Waals surface area contributed by atoms with Crippen LogP contribution in [0.4, 0.5) is 10.5 Å². The quantitative estimate of drug-likeness (QED) is 0.232. The van der Waals surface area contributed by atoms with E-state index in [9.17, 15) is 9.59 Å². The van der Waals surface area contributed by atoms with Crippen molar-refractivity contribution in [2.24, 2.45) is 0 Å². The molecule has 2 amide bonds. The van der Waals surface area contributed by atoms with Crippen molar-refractivity contribution < 1.29 is 14.7 Å². The van der Waals surface area contributed by atoms with Crippen molar-refractivity contribution >= 4 is 29.4 Å². The van der Waals surface area contributed by atoms with E-state index in [1.807, 2.05) is 97.1 Å². The summed E-state index contributed by atoms with van der Waals surface area (Å²) >= 11 is 1.55. The van der Waals surface area contributed by atoms with Gasteiger partial charge < -0.3 is 10.4 Å². The number of carboxylic acid groups (broad SMARTS) is 1. The molecular formula is C31H30N2O3S. The van der Waals surface area contributed by atoms with Gasteiger partial charge in [0.1, 0.15) is 0 Å². The molecule has 0 aliphatic carbocycles. The molecule has 6 heteroatoms. The van der Waals surface area contributed by atoms with E-state index in [1.165, 1.54) is 5.56 Å². The topological polar surface area (TPSA) is 69.6 Å². The molecule has 4 rings (SSSR count). The van der Waals surface area contributed by atoms with Gasteiger partial charge in [-0.25, -0.2) is 4.79 Å². The lowest BCUT2D eigenvalue weighted by molar-refractivity contribution is -0.136. The van der Waals surface area contributed by atoms with Crippen LogP contribution in [0.1, 0.15) is 23.1 Å². The summed E-state index contributed by atoms with van der Waals surface area (Å²) in [6.45, 7) is 1.04. The Bertz CT molecular complexity index is 1310. The first kappa shape index (κ1) is 26.0. The van der Waals surface area contributed by atoms with E-state index < -0.39 is 5.97 Å². The van der Waals surface area contributed by atoms with Gasteiger partial charge in [-0.05, 0) is 59.9 Å². The summed E-state index contributed by atoms with van der Waals surface area (Å²) in [4.78, 5) is 28.2. The van der Waals surface area contributed by atoms with E-state index in [1.54, 1.807) is 16.7 Å². The molecule has 2 N–H and O–H groups in total. The first-order valence-electron chi connectivity index (χ1n) is 12.3. The standard InChI is InChI=1S/C31H30N2O3S/c34-30(35)21-26-14-7-17-28(20-26)37-29-18-8-16-27(22-29)33(19-9-15-24-10-3-1-4-11-24)31(36)32-23-25-12-5-2-6-13-25/h1-8,10-14,16-18,20,22H,9,15,19,21,23H2,(H,32,36)(H,34,35). The molecule has 0 spiro atoms. The number of carboxylic acids is 1. The Morgan fingerprint density at radius 3 is 2.05 bits per heavy atom. The maximum absolute atomic E-state index is 13.3. The van der Waals surface area contributed by atoms with Crippen molar-refractivity contribution in [1.29, 1.82) is 0 Å². The summed E-state index contributed by atoms with van der Waals surface area (Å²) in [5.74, 6) is -0.850. The zero-order valence-corrected chi connectivity index (χ0v) is 21.4. The normalized spacial score (nSPS) is 10.6. The van der Waals surface area contributed by atoms with E-state index in [0.717, 1.165) is 39.4 Å². The van der Waals surface area contributed by atoms with Crippen LogP contribution in [-0.2, 0) is 24.2 Å². The number of rotatable bonds is 11. The second-order valence-corrected chi connectivity index (χ2v) is 9.85. The summed E-state index contributed by atoms with van der Waals surface area (Å²) in [6.07, 6.45) is 1.71. The number of hydrogen-bond donors (Lipinski definition) is 2. The lowest BCUT2D eigenvalue weighted by Gasteiger charge is -2.24. The highest BCUT2D eigenvalue weighted by Crippen LogP contribution is 2.31. The third-order valence-corrected chi connectivity index (χ3v) is 6.82. The van der Waals surface area contributed by atoms with E-state index in [-0.39, 0.29) is 12.5 Å². The van der Waals surface area contributed by atoms with Gasteiger partial charge in [0.05, 0.1) is 6.42 Å². The number of anilines is 1. The minimum absolute atomic E-state index is 0.00871. The highest BCUT2D eigenvalue weighted by atomic mass is 32.2. The van der Waals surface area contributed by atoms with Gasteiger partial charge in [0, 0.05) is 28.6 Å². The summed E-state index contributed by atoms with van der Waals surface area (Å²) in [5, 5.41) is 12.2. The van der Waals surface area contributed by atoms with Gasteiger partial charge >= 0.3 is 12.0 Å². The minimum atomic E-state index is -0.850. The number of hydrogen-bond acceptors (Lipinski definition) is 3. The Hall–Kier alpha value is -4.03. The first-order valence-corrected chi connectivity index (χ1v) is 13.1. The van der Waals surface area contributed by atoms with E-state index >= 15 is 0 Å². The summed E-state index contributed by atoms with van der Waals surface area (Å²) in [6, 6.07) is 35.5. The van der Waals surface area contributed by atoms with E-state index in [2.05, 4.69) is 17.4 Å². The van der Waals surface area contributed by atoms with Gasteiger partial charge in [-0.2, -0.15) is 0 Å². The summed E-state index contributed by atoms with van der Waals surface area (Å²) in [5.41, 5.74) is 3.88. The Morgan fingerprint density at radius 2 is 1.35 bits per heavy atom. The lowest BCUT2D eigenvalue weighted by atomic mass is 10.1. The number of aliphatic carboxylic acids is 1. The molecule has 0 saturated heterocycles. The maximum Gasteiger partial charge on any atom is 0.322 e. The number of amides is 2. The fraction of sp³-hybridized carbons (Fsp3) is 0.161. The molecule has 0 heterocycles. The predicted octanol–water partition coefficient (Wildman–Crippen LogP) is 6.81. The smallest absolute Gasteiger partial charge is 0.322 e. The number of carbonyl (C=O) groups excluding carboxylic acids is 1. The largest absolute Gasteiger partial charge is 0.481 e. The molecule has 4 aromatic carbocycles. The minimum Gasteiger partial charge on any atom is -0.481 e. The molecule has 0 bridgehead atoms. The second kappa shape index (κ2) is 13.3.